The molecule has 0 radical (unpaired) electrons. The number of hydrogen-bond donors (Lipinski definition) is 1. The second kappa shape index (κ2) is 6.13. The summed E-state index contributed by atoms with van der Waals surface area (Å²) < 4.78 is 13.3. The summed E-state index contributed by atoms with van der Waals surface area (Å²) in [6, 6.07) is 6.74. The van der Waals surface area contributed by atoms with Crippen LogP contribution in [0, 0.1) is 12.7 Å². The molecular weight excluding hydrogens is 263 g/mol. The highest BCUT2D eigenvalue weighted by Crippen LogP contribution is 2.27. The molecule has 0 spiro atoms. The van der Waals surface area contributed by atoms with Gasteiger partial charge in [-0.05, 0) is 48.4 Å². The Morgan fingerprint density at radius 3 is 2.79 bits per heavy atom. The van der Waals surface area contributed by atoms with E-state index in [1.807, 2.05) is 26.1 Å². The van der Waals surface area contributed by atoms with E-state index in [2.05, 4.69) is 10.3 Å². The Balaban J connectivity index is 2.45. The number of nitrogens with zero attached hydrogens (tertiary/aromatic N) is 1. The molecule has 0 aliphatic carbocycles. The lowest BCUT2D eigenvalue weighted by atomic mass is 9.96. The molecule has 2 nitrogen and oxygen atoms in total. The second-order valence-electron chi connectivity index (χ2n) is 4.40. The summed E-state index contributed by atoms with van der Waals surface area (Å²) >= 11 is 5.87. The molecule has 100 valence electrons. The Morgan fingerprint density at radius 2 is 2.16 bits per heavy atom. The fraction of sp³-hybridized carbons (Fsp3) is 0.267. The highest BCUT2D eigenvalue weighted by atomic mass is 35.5. The minimum Gasteiger partial charge on any atom is -0.306 e. The summed E-state index contributed by atoms with van der Waals surface area (Å²) in [6.07, 6.45) is 3.60. The van der Waals surface area contributed by atoms with Crippen LogP contribution in [0.25, 0.3) is 0 Å². The Kier molecular flexibility index (Phi) is 4.51. The van der Waals surface area contributed by atoms with Crippen molar-refractivity contribution in [3.05, 3.63) is 64.2 Å². The lowest BCUT2D eigenvalue weighted by molar-refractivity contribution is 0.611. The average Bonchev–Trinajstić information content (AvgIpc) is 2.40. The molecule has 1 aromatic carbocycles. The van der Waals surface area contributed by atoms with Crippen LogP contribution in [0.5, 0.6) is 0 Å². The molecular formula is C15H16ClFN2. The lowest BCUT2D eigenvalue weighted by Gasteiger charge is -2.20. The first-order chi connectivity index (χ1) is 9.13. The first kappa shape index (κ1) is 14.0. The molecule has 1 aromatic heterocycles. The van der Waals surface area contributed by atoms with Crippen LogP contribution in [-0.2, 0) is 0 Å². The number of aromatic nitrogens is 1. The van der Waals surface area contributed by atoms with Crippen molar-refractivity contribution >= 4 is 11.6 Å². The van der Waals surface area contributed by atoms with Crippen molar-refractivity contribution in [1.29, 1.82) is 0 Å². The minimum atomic E-state index is -0.399. The van der Waals surface area contributed by atoms with Crippen molar-refractivity contribution in [2.24, 2.45) is 0 Å². The van der Waals surface area contributed by atoms with E-state index in [0.717, 1.165) is 23.2 Å². The van der Waals surface area contributed by atoms with Crippen LogP contribution in [0.2, 0.25) is 5.02 Å². The third kappa shape index (κ3) is 3.11. The molecule has 0 saturated heterocycles. The van der Waals surface area contributed by atoms with Gasteiger partial charge in [0, 0.05) is 12.4 Å². The summed E-state index contributed by atoms with van der Waals surface area (Å²) in [5.74, 6) is -0.399. The zero-order valence-corrected chi connectivity index (χ0v) is 11.7. The summed E-state index contributed by atoms with van der Waals surface area (Å²) in [5, 5.41) is 3.52. The normalized spacial score (nSPS) is 12.4. The third-order valence-electron chi connectivity index (χ3n) is 3.08. The van der Waals surface area contributed by atoms with Gasteiger partial charge < -0.3 is 5.32 Å². The van der Waals surface area contributed by atoms with Crippen molar-refractivity contribution in [3.63, 3.8) is 0 Å². The number of aryl methyl sites for hydroxylation is 1. The van der Waals surface area contributed by atoms with Crippen LogP contribution in [-0.4, -0.2) is 11.5 Å². The third-order valence-corrected chi connectivity index (χ3v) is 3.37. The monoisotopic (exact) mass is 278 g/mol. The van der Waals surface area contributed by atoms with E-state index in [0.29, 0.717) is 0 Å². The molecule has 1 heterocycles. The fourth-order valence-corrected chi connectivity index (χ4v) is 2.27. The van der Waals surface area contributed by atoms with Crippen molar-refractivity contribution in [2.45, 2.75) is 19.9 Å². The fourth-order valence-electron chi connectivity index (χ4n) is 2.08. The van der Waals surface area contributed by atoms with Crippen LogP contribution in [0.4, 0.5) is 4.39 Å². The molecule has 2 aromatic rings. The maximum absolute atomic E-state index is 13.3. The van der Waals surface area contributed by atoms with Crippen LogP contribution in [0.15, 0.2) is 36.7 Å². The highest BCUT2D eigenvalue weighted by molar-refractivity contribution is 6.30. The second-order valence-corrected chi connectivity index (χ2v) is 4.80. The summed E-state index contributed by atoms with van der Waals surface area (Å²) in [6.45, 7) is 4.87. The Labute approximate surface area is 117 Å². The van der Waals surface area contributed by atoms with Crippen molar-refractivity contribution in [2.75, 3.05) is 6.54 Å². The first-order valence-electron chi connectivity index (χ1n) is 6.22. The molecule has 0 saturated carbocycles. The maximum Gasteiger partial charge on any atom is 0.141 e. The summed E-state index contributed by atoms with van der Waals surface area (Å²) in [5.41, 5.74) is 3.15. The Hall–Kier alpha value is -1.45. The summed E-state index contributed by atoms with van der Waals surface area (Å²) in [7, 11) is 0. The number of nitrogens with one attached hydrogen (secondary N) is 1. The Bertz CT molecular complexity index is 572. The van der Waals surface area contributed by atoms with Crippen LogP contribution >= 0.6 is 11.6 Å². The van der Waals surface area contributed by atoms with Gasteiger partial charge in [0.2, 0.25) is 0 Å². The van der Waals surface area contributed by atoms with Gasteiger partial charge >= 0.3 is 0 Å². The van der Waals surface area contributed by atoms with Gasteiger partial charge in [-0.2, -0.15) is 0 Å². The maximum atomic E-state index is 13.3. The largest absolute Gasteiger partial charge is 0.306 e. The highest BCUT2D eigenvalue weighted by Gasteiger charge is 2.16. The van der Waals surface area contributed by atoms with E-state index in [4.69, 9.17) is 11.6 Å². The zero-order valence-electron chi connectivity index (χ0n) is 11.0. The molecule has 1 unspecified atom stereocenters. The van der Waals surface area contributed by atoms with Gasteiger partial charge in [-0.3, -0.25) is 4.98 Å². The summed E-state index contributed by atoms with van der Waals surface area (Å²) in [4.78, 5) is 4.17. The topological polar surface area (TPSA) is 24.9 Å². The smallest absolute Gasteiger partial charge is 0.141 e. The molecule has 0 aliphatic rings. The van der Waals surface area contributed by atoms with Crippen molar-refractivity contribution in [3.8, 4) is 0 Å². The van der Waals surface area contributed by atoms with Gasteiger partial charge in [-0.15, -0.1) is 0 Å². The SMILES string of the molecule is CCNC(c1ccc(F)c(Cl)c1)c1cnccc1C. The number of benzene rings is 1. The van der Waals surface area contributed by atoms with Gasteiger partial charge in [0.15, 0.2) is 0 Å². The first-order valence-corrected chi connectivity index (χ1v) is 6.60. The zero-order chi connectivity index (χ0) is 13.8. The lowest BCUT2D eigenvalue weighted by Crippen LogP contribution is -2.23. The van der Waals surface area contributed by atoms with Crippen LogP contribution < -0.4 is 5.32 Å². The molecule has 1 atom stereocenters. The number of pyridine rings is 1. The van der Waals surface area contributed by atoms with E-state index < -0.39 is 5.82 Å². The van der Waals surface area contributed by atoms with Crippen molar-refractivity contribution in [1.82, 2.24) is 10.3 Å². The van der Waals surface area contributed by atoms with Crippen LogP contribution in [0.3, 0.4) is 0 Å². The standard InChI is InChI=1S/C15H16ClFN2/c1-3-19-15(12-9-18-7-6-10(12)2)11-4-5-14(17)13(16)8-11/h4-9,15,19H,3H2,1-2H3. The molecule has 0 fully saturated rings. The van der Waals surface area contributed by atoms with Gasteiger partial charge in [0.05, 0.1) is 11.1 Å². The van der Waals surface area contributed by atoms with E-state index in [-0.39, 0.29) is 11.1 Å². The predicted octanol–water partition coefficient (Wildman–Crippen LogP) is 3.88. The van der Waals surface area contributed by atoms with E-state index in [9.17, 15) is 4.39 Å². The minimum absolute atomic E-state index is 0.0307. The predicted molar refractivity (Wildman–Crippen MR) is 75.9 cm³/mol. The van der Waals surface area contributed by atoms with Gasteiger partial charge in [0.1, 0.15) is 5.82 Å². The number of hydrogen-bond acceptors (Lipinski definition) is 2. The Morgan fingerprint density at radius 1 is 1.37 bits per heavy atom. The molecule has 4 heteroatoms. The molecule has 0 aliphatic heterocycles. The average molecular weight is 279 g/mol. The van der Waals surface area contributed by atoms with E-state index in [1.165, 1.54) is 6.07 Å². The van der Waals surface area contributed by atoms with Gasteiger partial charge in [0.25, 0.3) is 0 Å². The van der Waals surface area contributed by atoms with Crippen LogP contribution in [0.1, 0.15) is 29.7 Å². The van der Waals surface area contributed by atoms with E-state index in [1.54, 1.807) is 18.3 Å². The number of rotatable bonds is 4. The molecule has 0 bridgehead atoms. The van der Waals surface area contributed by atoms with Gasteiger partial charge in [-0.25, -0.2) is 4.39 Å². The molecule has 19 heavy (non-hydrogen) atoms. The molecule has 1 N–H and O–H groups in total. The van der Waals surface area contributed by atoms with Crippen molar-refractivity contribution < 1.29 is 4.39 Å². The van der Waals surface area contributed by atoms with E-state index >= 15 is 0 Å². The van der Waals surface area contributed by atoms with Gasteiger partial charge in [-0.1, -0.05) is 24.6 Å². The quantitative estimate of drug-likeness (QED) is 0.918. The number of halogens is 2. The molecule has 2 rings (SSSR count). The molecule has 0 amide bonds.